The number of rotatable bonds is 9. The van der Waals surface area contributed by atoms with Crippen LogP contribution in [0, 0.1) is 0 Å². The molecule has 0 heterocycles. The Hall–Kier alpha value is -2.32. The fourth-order valence-electron chi connectivity index (χ4n) is 2.11. The Morgan fingerprint density at radius 1 is 1.12 bits per heavy atom. The third kappa shape index (κ3) is 5.39. The number of hydrogen-bond donors (Lipinski definition) is 2. The van der Waals surface area contributed by atoms with Crippen LogP contribution in [0.15, 0.2) is 18.2 Å². The Morgan fingerprint density at radius 3 is 2.33 bits per heavy atom. The van der Waals surface area contributed by atoms with Crippen molar-refractivity contribution in [1.29, 1.82) is 0 Å². The maximum atomic E-state index is 12.1. The Kier molecular flexibility index (Phi) is 8.00. The molecule has 0 aliphatic carbocycles. The maximum absolute atomic E-state index is 12.1. The predicted molar refractivity (Wildman–Crippen MR) is 86.9 cm³/mol. The Morgan fingerprint density at radius 2 is 1.79 bits per heavy atom. The fraction of sp³-hybridized carbons (Fsp3) is 0.500. The highest BCUT2D eigenvalue weighted by Gasteiger charge is 2.23. The van der Waals surface area contributed by atoms with Gasteiger partial charge in [-0.05, 0) is 17.7 Å². The zero-order chi connectivity index (χ0) is 18.1. The summed E-state index contributed by atoms with van der Waals surface area (Å²) in [5, 5.41) is 2.73. The van der Waals surface area contributed by atoms with Crippen LogP contribution in [0.25, 0.3) is 0 Å². The van der Waals surface area contributed by atoms with Crippen LogP contribution in [0.3, 0.4) is 0 Å². The summed E-state index contributed by atoms with van der Waals surface area (Å²) in [5.74, 6) is 0.136. The number of carbonyl (C=O) groups is 2. The summed E-state index contributed by atoms with van der Waals surface area (Å²) in [5.41, 5.74) is 6.38. The number of nitrogens with two attached hydrogens (primary N) is 1. The van der Waals surface area contributed by atoms with E-state index in [1.807, 2.05) is 0 Å². The monoisotopic (exact) mass is 340 g/mol. The lowest BCUT2D eigenvalue weighted by atomic mass is 10.0. The van der Waals surface area contributed by atoms with E-state index >= 15 is 0 Å². The number of ether oxygens (including phenoxy) is 4. The molecule has 0 bridgehead atoms. The summed E-state index contributed by atoms with van der Waals surface area (Å²) >= 11 is 0. The van der Waals surface area contributed by atoms with Gasteiger partial charge in [-0.2, -0.15) is 0 Å². The molecule has 0 radical (unpaired) electrons. The molecule has 0 fully saturated rings. The second-order valence-corrected chi connectivity index (χ2v) is 5.02. The highest BCUT2D eigenvalue weighted by Crippen LogP contribution is 2.31. The Labute approximate surface area is 141 Å². The zero-order valence-corrected chi connectivity index (χ0v) is 14.3. The minimum absolute atomic E-state index is 0.0442. The summed E-state index contributed by atoms with van der Waals surface area (Å²) in [4.78, 5) is 23.8. The summed E-state index contributed by atoms with van der Waals surface area (Å²) in [7, 11) is 5.76. The Balaban J connectivity index is 3.05. The van der Waals surface area contributed by atoms with E-state index in [4.69, 9.17) is 24.7 Å². The maximum Gasteiger partial charge on any atom is 0.307 e. The molecule has 0 spiro atoms. The van der Waals surface area contributed by atoms with Crippen LogP contribution in [0.1, 0.15) is 18.0 Å². The lowest BCUT2D eigenvalue weighted by Gasteiger charge is -2.21. The van der Waals surface area contributed by atoms with Gasteiger partial charge >= 0.3 is 5.97 Å². The second-order valence-electron chi connectivity index (χ2n) is 5.02. The molecule has 8 heteroatoms. The minimum Gasteiger partial charge on any atom is -0.493 e. The van der Waals surface area contributed by atoms with Crippen LogP contribution in [0.4, 0.5) is 0 Å². The van der Waals surface area contributed by atoms with Crippen molar-refractivity contribution in [1.82, 2.24) is 5.32 Å². The van der Waals surface area contributed by atoms with Gasteiger partial charge in [-0.15, -0.1) is 0 Å². The number of esters is 1. The van der Waals surface area contributed by atoms with Crippen molar-refractivity contribution in [2.24, 2.45) is 5.73 Å². The van der Waals surface area contributed by atoms with Gasteiger partial charge < -0.3 is 30.0 Å². The van der Waals surface area contributed by atoms with Crippen molar-refractivity contribution in [3.63, 3.8) is 0 Å². The van der Waals surface area contributed by atoms with Gasteiger partial charge in [0.15, 0.2) is 11.5 Å². The van der Waals surface area contributed by atoms with Gasteiger partial charge in [0.2, 0.25) is 5.91 Å². The number of amides is 1. The molecule has 0 aliphatic rings. The summed E-state index contributed by atoms with van der Waals surface area (Å²) < 4.78 is 20.0. The van der Waals surface area contributed by atoms with Crippen molar-refractivity contribution in [3.05, 3.63) is 23.8 Å². The van der Waals surface area contributed by atoms with E-state index in [1.165, 1.54) is 28.4 Å². The van der Waals surface area contributed by atoms with Crippen LogP contribution in [0.2, 0.25) is 0 Å². The first kappa shape index (κ1) is 19.7. The molecule has 0 saturated carbocycles. The molecule has 0 aromatic heterocycles. The fourth-order valence-corrected chi connectivity index (χ4v) is 2.11. The second kappa shape index (κ2) is 9.74. The van der Waals surface area contributed by atoms with Gasteiger partial charge in [0.1, 0.15) is 6.04 Å². The SMILES string of the molecule is COCC(N)C(=O)NC(CC(=O)OC)c1ccc(OC)c(OC)c1. The molecule has 0 saturated heterocycles. The third-order valence-electron chi connectivity index (χ3n) is 3.41. The first-order chi connectivity index (χ1) is 11.5. The van der Waals surface area contributed by atoms with E-state index in [1.54, 1.807) is 18.2 Å². The van der Waals surface area contributed by atoms with Crippen molar-refractivity contribution in [2.75, 3.05) is 35.0 Å². The lowest BCUT2D eigenvalue weighted by Crippen LogP contribution is -2.45. The molecule has 2 unspecified atom stereocenters. The average molecular weight is 340 g/mol. The number of benzene rings is 1. The van der Waals surface area contributed by atoms with Gasteiger partial charge in [-0.3, -0.25) is 9.59 Å². The zero-order valence-electron chi connectivity index (χ0n) is 14.3. The molecular formula is C16H24N2O6. The standard InChI is InChI=1S/C16H24N2O6/c1-21-9-11(17)16(20)18-12(8-15(19)24-4)10-5-6-13(22-2)14(7-10)23-3/h5-7,11-12H,8-9,17H2,1-4H3,(H,18,20). The summed E-state index contributed by atoms with van der Waals surface area (Å²) in [6.07, 6.45) is -0.0442. The van der Waals surface area contributed by atoms with E-state index in [0.29, 0.717) is 17.1 Å². The molecule has 0 aliphatic heterocycles. The molecule has 1 amide bonds. The van der Waals surface area contributed by atoms with E-state index in [2.05, 4.69) is 5.32 Å². The van der Waals surface area contributed by atoms with Gasteiger partial charge in [0.25, 0.3) is 0 Å². The van der Waals surface area contributed by atoms with E-state index in [0.717, 1.165) is 0 Å². The average Bonchev–Trinajstić information content (AvgIpc) is 2.60. The molecule has 2 atom stereocenters. The van der Waals surface area contributed by atoms with E-state index < -0.39 is 24.0 Å². The molecule has 1 aromatic rings. The van der Waals surface area contributed by atoms with Crippen LogP contribution in [-0.4, -0.2) is 53.0 Å². The third-order valence-corrected chi connectivity index (χ3v) is 3.41. The predicted octanol–water partition coefficient (Wildman–Crippen LogP) is 0.398. The number of nitrogens with one attached hydrogen (secondary N) is 1. The molecule has 134 valence electrons. The van der Waals surface area contributed by atoms with E-state index in [-0.39, 0.29) is 13.0 Å². The highest BCUT2D eigenvalue weighted by atomic mass is 16.5. The normalized spacial score (nSPS) is 12.9. The van der Waals surface area contributed by atoms with Crippen molar-refractivity contribution in [2.45, 2.75) is 18.5 Å². The molecule has 24 heavy (non-hydrogen) atoms. The number of methoxy groups -OCH3 is 4. The van der Waals surface area contributed by atoms with Crippen LogP contribution in [0.5, 0.6) is 11.5 Å². The van der Waals surface area contributed by atoms with Crippen molar-refractivity contribution < 1.29 is 28.5 Å². The van der Waals surface area contributed by atoms with Crippen molar-refractivity contribution in [3.8, 4) is 11.5 Å². The highest BCUT2D eigenvalue weighted by molar-refractivity contribution is 5.83. The number of carbonyl (C=O) groups excluding carboxylic acids is 2. The molecule has 8 nitrogen and oxygen atoms in total. The lowest BCUT2D eigenvalue weighted by molar-refractivity contribution is -0.141. The first-order valence-corrected chi connectivity index (χ1v) is 7.30. The topological polar surface area (TPSA) is 109 Å². The van der Waals surface area contributed by atoms with Gasteiger partial charge in [0.05, 0.1) is 40.4 Å². The van der Waals surface area contributed by atoms with Crippen LogP contribution >= 0.6 is 0 Å². The first-order valence-electron chi connectivity index (χ1n) is 7.30. The smallest absolute Gasteiger partial charge is 0.307 e. The summed E-state index contributed by atoms with van der Waals surface area (Å²) in [6.45, 7) is 0.0721. The quantitative estimate of drug-likeness (QED) is 0.626. The van der Waals surface area contributed by atoms with Gasteiger partial charge in [-0.25, -0.2) is 0 Å². The molecule has 1 rings (SSSR count). The Bertz CT molecular complexity index is 563. The molecule has 1 aromatic carbocycles. The molecule has 3 N–H and O–H groups in total. The van der Waals surface area contributed by atoms with Crippen molar-refractivity contribution >= 4 is 11.9 Å². The summed E-state index contributed by atoms with van der Waals surface area (Å²) in [6, 6.07) is 3.66. The molecular weight excluding hydrogens is 316 g/mol. The van der Waals surface area contributed by atoms with Crippen LogP contribution < -0.4 is 20.5 Å². The van der Waals surface area contributed by atoms with Crippen LogP contribution in [-0.2, 0) is 19.1 Å². The number of hydrogen-bond acceptors (Lipinski definition) is 7. The van der Waals surface area contributed by atoms with E-state index in [9.17, 15) is 9.59 Å². The van der Waals surface area contributed by atoms with Gasteiger partial charge in [-0.1, -0.05) is 6.07 Å². The minimum atomic E-state index is -0.838. The van der Waals surface area contributed by atoms with Gasteiger partial charge in [0, 0.05) is 7.11 Å². The largest absolute Gasteiger partial charge is 0.493 e.